The summed E-state index contributed by atoms with van der Waals surface area (Å²) in [5, 5.41) is 0. The van der Waals surface area contributed by atoms with Gasteiger partial charge in [-0.05, 0) is 159 Å². The molecule has 0 spiro atoms. The minimum absolute atomic E-state index is 0.0972. The van der Waals surface area contributed by atoms with Gasteiger partial charge in [-0.3, -0.25) is 0 Å². The fourth-order valence-electron chi connectivity index (χ4n) is 10.8. The molecule has 6 aromatic carbocycles. The monoisotopic (exact) mass is 693 g/mol. The predicted molar refractivity (Wildman–Crippen MR) is 222 cm³/mol. The lowest BCUT2D eigenvalue weighted by atomic mass is 9.48. The molecule has 1 nitrogen and oxygen atoms in total. The fraction of sp³-hybridized carbons (Fsp3) is 0.308. The standard InChI is InChI=1S/C52H49N/c1-50(2)47-12-8-6-10-43(47)45-28-40(22-24-48(45)50)53(41-21-23-44-42-9-5-7-11-46(42)51(3,4)49(44)29-41)39-19-15-37(16-20-39)36-13-17-38(18-14-36)52-30-33-25-34(31-52)27-35(26-33)32-52/h5-24,28-29,33-35H,25-27,30-32H2,1-4H3/i30D2,31D2,32D2. The van der Waals surface area contributed by atoms with Crippen LogP contribution < -0.4 is 4.90 Å². The molecule has 6 aliphatic rings. The van der Waals surface area contributed by atoms with Gasteiger partial charge >= 0.3 is 0 Å². The van der Waals surface area contributed by atoms with Gasteiger partial charge in [0.1, 0.15) is 0 Å². The first-order chi connectivity index (χ1) is 28.0. The Kier molecular flexibility index (Phi) is 5.43. The van der Waals surface area contributed by atoms with E-state index in [1.165, 1.54) is 44.5 Å². The summed E-state index contributed by atoms with van der Waals surface area (Å²) in [5.74, 6) is -1.02. The Morgan fingerprint density at radius 3 is 1.53 bits per heavy atom. The van der Waals surface area contributed by atoms with Crippen molar-refractivity contribution in [2.45, 2.75) is 82.3 Å². The highest BCUT2D eigenvalue weighted by Crippen LogP contribution is 2.61. The van der Waals surface area contributed by atoms with Crippen LogP contribution in [0.2, 0.25) is 0 Å². The molecule has 0 saturated heterocycles. The molecule has 4 bridgehead atoms. The Morgan fingerprint density at radius 1 is 0.453 bits per heavy atom. The Morgan fingerprint density at radius 2 is 0.906 bits per heavy atom. The zero-order valence-electron chi connectivity index (χ0n) is 37.0. The number of hydrogen-bond donors (Lipinski definition) is 0. The lowest BCUT2D eigenvalue weighted by Crippen LogP contribution is -2.48. The zero-order valence-corrected chi connectivity index (χ0v) is 31.0. The molecule has 6 aliphatic carbocycles. The largest absolute Gasteiger partial charge is 0.310 e. The normalized spacial score (nSPS) is 29.2. The average molecular weight is 694 g/mol. The van der Waals surface area contributed by atoms with E-state index in [9.17, 15) is 8.22 Å². The van der Waals surface area contributed by atoms with Gasteiger partial charge in [0.2, 0.25) is 0 Å². The number of fused-ring (bicyclic) bond motifs is 6. The third-order valence-electron chi connectivity index (χ3n) is 13.4. The molecule has 0 radical (unpaired) electrons. The smallest absolute Gasteiger partial charge is 0.0468 e. The van der Waals surface area contributed by atoms with Crippen LogP contribution in [0.3, 0.4) is 0 Å². The topological polar surface area (TPSA) is 3.24 Å². The van der Waals surface area contributed by atoms with Crippen molar-refractivity contribution in [2.75, 3.05) is 4.90 Å². The summed E-state index contributed by atoms with van der Waals surface area (Å²) in [6.45, 7) is 9.26. The number of rotatable bonds is 5. The molecule has 4 saturated carbocycles. The van der Waals surface area contributed by atoms with Crippen molar-refractivity contribution >= 4 is 17.1 Å². The van der Waals surface area contributed by atoms with Crippen LogP contribution in [0, 0.1) is 17.8 Å². The van der Waals surface area contributed by atoms with Crippen LogP contribution in [-0.4, -0.2) is 0 Å². The van der Waals surface area contributed by atoms with Crippen molar-refractivity contribution in [3.8, 4) is 33.4 Å². The van der Waals surface area contributed by atoms with Crippen molar-refractivity contribution in [3.63, 3.8) is 0 Å². The maximum Gasteiger partial charge on any atom is 0.0468 e. The molecule has 0 aromatic heterocycles. The Balaban J connectivity index is 1.00. The van der Waals surface area contributed by atoms with Crippen molar-refractivity contribution in [2.24, 2.45) is 17.8 Å². The molecule has 0 aliphatic heterocycles. The first-order valence-corrected chi connectivity index (χ1v) is 19.5. The van der Waals surface area contributed by atoms with Gasteiger partial charge in [0, 0.05) is 36.1 Å². The van der Waals surface area contributed by atoms with Crippen molar-refractivity contribution in [3.05, 3.63) is 161 Å². The molecule has 6 aromatic rings. The molecule has 0 amide bonds. The van der Waals surface area contributed by atoms with E-state index in [1.54, 1.807) is 0 Å². The van der Waals surface area contributed by atoms with Crippen LogP contribution in [0.25, 0.3) is 33.4 Å². The predicted octanol–water partition coefficient (Wildman–Crippen LogP) is 13.9. The Bertz CT molecular complexity index is 2650. The first kappa shape index (κ1) is 26.0. The van der Waals surface area contributed by atoms with E-state index in [4.69, 9.17) is 0 Å². The second-order valence-corrected chi connectivity index (χ2v) is 17.2. The van der Waals surface area contributed by atoms with E-state index in [-0.39, 0.29) is 28.6 Å². The van der Waals surface area contributed by atoms with Gasteiger partial charge in [0.05, 0.1) is 0 Å². The zero-order chi connectivity index (χ0) is 41.1. The summed E-state index contributed by atoms with van der Waals surface area (Å²) < 4.78 is 56.1. The molecule has 0 unspecified atom stereocenters. The quantitative estimate of drug-likeness (QED) is 0.174. The van der Waals surface area contributed by atoms with E-state index in [0.717, 1.165) is 28.2 Å². The summed E-state index contributed by atoms with van der Waals surface area (Å²) in [7, 11) is 0. The Labute approximate surface area is 324 Å². The third kappa shape index (κ3) is 4.62. The third-order valence-corrected chi connectivity index (χ3v) is 13.4. The number of anilines is 3. The maximum absolute atomic E-state index is 9.35. The number of nitrogens with zero attached hydrogens (tertiary/aromatic N) is 1. The van der Waals surface area contributed by atoms with Crippen LogP contribution in [0.1, 0.15) is 102 Å². The molecular formula is C52H49N. The number of hydrogen-bond acceptors (Lipinski definition) is 1. The molecule has 0 atom stereocenters. The molecule has 4 fully saturated rings. The van der Waals surface area contributed by atoms with Crippen molar-refractivity contribution in [1.29, 1.82) is 0 Å². The SMILES string of the molecule is [2H]C1([2H])C2CC3CC(C2)C([2H])([2H])C1(c1ccc(-c2ccc(N(c4ccc5c(c4)-c4ccccc4C5(C)C)c4ccc5c(c4)C(C)(C)c4ccccc4-5)cc2)cc1)C3([2H])[2H]. The molecule has 1 heteroatoms. The van der Waals surface area contributed by atoms with Crippen molar-refractivity contribution in [1.82, 2.24) is 0 Å². The fourth-order valence-corrected chi connectivity index (χ4v) is 10.8. The minimum atomic E-state index is -2.01. The molecule has 0 N–H and O–H groups in total. The Hall–Kier alpha value is -4.88. The highest BCUT2D eigenvalue weighted by molar-refractivity contribution is 5.89. The van der Waals surface area contributed by atoms with E-state index >= 15 is 0 Å². The molecule has 12 rings (SSSR count). The summed E-state index contributed by atoms with van der Waals surface area (Å²) >= 11 is 0. The molecule has 0 heterocycles. The van der Waals surface area contributed by atoms with Crippen molar-refractivity contribution < 1.29 is 8.22 Å². The second-order valence-electron chi connectivity index (χ2n) is 17.2. The van der Waals surface area contributed by atoms with Gasteiger partial charge in [0.25, 0.3) is 0 Å². The molecule has 53 heavy (non-hydrogen) atoms. The highest BCUT2D eigenvalue weighted by Gasteiger charge is 2.51. The highest BCUT2D eigenvalue weighted by atomic mass is 15.1. The van der Waals surface area contributed by atoms with Crippen LogP contribution in [0.15, 0.2) is 133 Å². The van der Waals surface area contributed by atoms with Crippen LogP contribution in [0.5, 0.6) is 0 Å². The minimum Gasteiger partial charge on any atom is -0.310 e. The van der Waals surface area contributed by atoms with Gasteiger partial charge < -0.3 is 4.90 Å². The average Bonchev–Trinajstić information content (AvgIpc) is 3.59. The lowest BCUT2D eigenvalue weighted by Gasteiger charge is -2.57. The summed E-state index contributed by atoms with van der Waals surface area (Å²) in [5.41, 5.74) is 13.8. The van der Waals surface area contributed by atoms with Gasteiger partial charge in [-0.1, -0.05) is 125 Å². The summed E-state index contributed by atoms with van der Waals surface area (Å²) in [4.78, 5) is 2.36. The maximum atomic E-state index is 9.35. The molecule has 262 valence electrons. The van der Waals surface area contributed by atoms with E-state index < -0.39 is 24.5 Å². The summed E-state index contributed by atoms with van der Waals surface area (Å²) in [6.07, 6.45) is -4.56. The van der Waals surface area contributed by atoms with Gasteiger partial charge in [-0.2, -0.15) is 0 Å². The molecular weight excluding hydrogens is 639 g/mol. The van der Waals surface area contributed by atoms with Gasteiger partial charge in [-0.25, -0.2) is 0 Å². The van der Waals surface area contributed by atoms with Crippen LogP contribution >= 0.6 is 0 Å². The number of benzene rings is 6. The van der Waals surface area contributed by atoms with E-state index in [0.29, 0.717) is 24.8 Å². The van der Waals surface area contributed by atoms with E-state index in [1.807, 2.05) is 24.3 Å². The first-order valence-electron chi connectivity index (χ1n) is 22.5. The van der Waals surface area contributed by atoms with E-state index in [2.05, 4.69) is 142 Å². The van der Waals surface area contributed by atoms with Gasteiger partial charge in [-0.15, -0.1) is 0 Å². The van der Waals surface area contributed by atoms with Crippen LogP contribution in [-0.2, 0) is 16.2 Å². The van der Waals surface area contributed by atoms with Gasteiger partial charge in [0.15, 0.2) is 0 Å². The lowest BCUT2D eigenvalue weighted by molar-refractivity contribution is -0.00518. The summed E-state index contributed by atoms with van der Waals surface area (Å²) in [6, 6.07) is 47.4. The van der Waals surface area contributed by atoms with Crippen LogP contribution in [0.4, 0.5) is 17.1 Å². The second kappa shape index (κ2) is 11.1.